The van der Waals surface area contributed by atoms with Crippen molar-refractivity contribution in [3.63, 3.8) is 0 Å². The summed E-state index contributed by atoms with van der Waals surface area (Å²) in [7, 11) is 0. The van der Waals surface area contributed by atoms with Crippen LogP contribution in [0.2, 0.25) is 0 Å². The maximum absolute atomic E-state index is 9.61. The molecule has 1 rings (SSSR count). The van der Waals surface area contributed by atoms with Crippen LogP contribution in [-0.2, 0) is 6.42 Å². The van der Waals surface area contributed by atoms with Crippen LogP contribution in [0.3, 0.4) is 0 Å². The van der Waals surface area contributed by atoms with Gasteiger partial charge in [-0.05, 0) is 30.9 Å². The number of aromatic hydroxyl groups is 1. The lowest BCUT2D eigenvalue weighted by Crippen LogP contribution is -1.88. The summed E-state index contributed by atoms with van der Waals surface area (Å²) in [6, 6.07) is 5.89. The van der Waals surface area contributed by atoms with Crippen molar-refractivity contribution in [1.29, 1.82) is 0 Å². The third-order valence-corrected chi connectivity index (χ3v) is 2.46. The second-order valence-corrected chi connectivity index (χ2v) is 3.67. The third kappa shape index (κ3) is 2.24. The molecular weight excluding hydrogens is 216 g/mol. The molecule has 0 unspecified atom stereocenters. The van der Waals surface area contributed by atoms with E-state index in [4.69, 9.17) is 0 Å². The molecule has 0 amide bonds. The minimum atomic E-state index is 0.457. The summed E-state index contributed by atoms with van der Waals surface area (Å²) < 4.78 is 0. The maximum atomic E-state index is 9.61. The first kappa shape index (κ1) is 9.59. The van der Waals surface area contributed by atoms with Gasteiger partial charge in [-0.3, -0.25) is 0 Å². The fourth-order valence-electron chi connectivity index (χ4n) is 1.18. The molecule has 0 aliphatic rings. The van der Waals surface area contributed by atoms with Gasteiger partial charge in [0.1, 0.15) is 5.75 Å². The average molecular weight is 229 g/mol. The number of halogens is 1. The Morgan fingerprint density at radius 1 is 1.42 bits per heavy atom. The highest BCUT2D eigenvalue weighted by molar-refractivity contribution is 9.09. The fraction of sp³-hybridized carbons (Fsp3) is 0.400. The molecule has 0 heterocycles. The van der Waals surface area contributed by atoms with Crippen molar-refractivity contribution in [3.05, 3.63) is 29.3 Å². The van der Waals surface area contributed by atoms with Gasteiger partial charge in [0.2, 0.25) is 0 Å². The summed E-state index contributed by atoms with van der Waals surface area (Å²) in [4.78, 5) is 0. The molecule has 66 valence electrons. The van der Waals surface area contributed by atoms with Crippen LogP contribution in [0.25, 0.3) is 0 Å². The van der Waals surface area contributed by atoms with Crippen molar-refractivity contribution >= 4 is 15.9 Å². The standard InChI is InChI=1S/C10H13BrO/c1-8-4-2-5-9(10(8)12)6-3-7-11/h2,4-5,12H,3,6-7H2,1H3. The molecule has 2 heteroatoms. The number of para-hydroxylation sites is 1. The molecule has 12 heavy (non-hydrogen) atoms. The zero-order chi connectivity index (χ0) is 8.97. The SMILES string of the molecule is Cc1cccc(CCCBr)c1O. The Bertz CT molecular complexity index is 258. The predicted octanol–water partition coefficient (Wildman–Crippen LogP) is 3.03. The van der Waals surface area contributed by atoms with E-state index in [1.54, 1.807) is 0 Å². The van der Waals surface area contributed by atoms with Gasteiger partial charge in [-0.2, -0.15) is 0 Å². The van der Waals surface area contributed by atoms with Gasteiger partial charge in [0, 0.05) is 5.33 Å². The molecule has 0 fully saturated rings. The summed E-state index contributed by atoms with van der Waals surface area (Å²) in [5.41, 5.74) is 2.01. The maximum Gasteiger partial charge on any atom is 0.121 e. The van der Waals surface area contributed by atoms with Crippen LogP contribution in [0.5, 0.6) is 5.75 Å². The van der Waals surface area contributed by atoms with Gasteiger partial charge < -0.3 is 5.11 Å². The molecule has 0 saturated carbocycles. The fourth-order valence-corrected chi connectivity index (χ4v) is 1.46. The zero-order valence-electron chi connectivity index (χ0n) is 7.18. The molecular formula is C10H13BrO. The minimum absolute atomic E-state index is 0.457. The predicted molar refractivity (Wildman–Crippen MR) is 55.0 cm³/mol. The Morgan fingerprint density at radius 2 is 2.17 bits per heavy atom. The molecule has 1 aromatic rings. The van der Waals surface area contributed by atoms with E-state index in [1.807, 2.05) is 25.1 Å². The van der Waals surface area contributed by atoms with Crippen molar-refractivity contribution in [3.8, 4) is 5.75 Å². The van der Waals surface area contributed by atoms with Gasteiger partial charge in [0.15, 0.2) is 0 Å². The Labute approximate surface area is 81.6 Å². The second-order valence-electron chi connectivity index (χ2n) is 2.88. The molecule has 1 nitrogen and oxygen atoms in total. The summed E-state index contributed by atoms with van der Waals surface area (Å²) in [5.74, 6) is 0.457. The number of aryl methyl sites for hydroxylation is 2. The molecule has 0 spiro atoms. The quantitative estimate of drug-likeness (QED) is 0.790. The lowest BCUT2D eigenvalue weighted by Gasteiger charge is -2.05. The second kappa shape index (κ2) is 4.51. The number of benzene rings is 1. The molecule has 1 N–H and O–H groups in total. The highest BCUT2D eigenvalue weighted by Crippen LogP contribution is 2.22. The van der Waals surface area contributed by atoms with Crippen molar-refractivity contribution in [2.75, 3.05) is 5.33 Å². The van der Waals surface area contributed by atoms with E-state index in [-0.39, 0.29) is 0 Å². The van der Waals surface area contributed by atoms with Crippen LogP contribution in [-0.4, -0.2) is 10.4 Å². The molecule has 0 bridgehead atoms. The first-order chi connectivity index (χ1) is 5.75. The number of rotatable bonds is 3. The van der Waals surface area contributed by atoms with E-state index in [0.29, 0.717) is 5.75 Å². The van der Waals surface area contributed by atoms with E-state index < -0.39 is 0 Å². The van der Waals surface area contributed by atoms with Crippen LogP contribution in [0.15, 0.2) is 18.2 Å². The van der Waals surface area contributed by atoms with Crippen LogP contribution in [0, 0.1) is 6.92 Å². The number of alkyl halides is 1. The molecule has 0 aliphatic carbocycles. The van der Waals surface area contributed by atoms with Gasteiger partial charge in [-0.15, -0.1) is 0 Å². The monoisotopic (exact) mass is 228 g/mol. The first-order valence-electron chi connectivity index (χ1n) is 4.09. The van der Waals surface area contributed by atoms with Gasteiger partial charge in [-0.1, -0.05) is 34.1 Å². The van der Waals surface area contributed by atoms with Crippen molar-refractivity contribution in [2.24, 2.45) is 0 Å². The summed E-state index contributed by atoms with van der Waals surface area (Å²) in [5, 5.41) is 10.6. The Hall–Kier alpha value is -0.500. The van der Waals surface area contributed by atoms with Gasteiger partial charge >= 0.3 is 0 Å². The van der Waals surface area contributed by atoms with Crippen LogP contribution < -0.4 is 0 Å². The highest BCUT2D eigenvalue weighted by Gasteiger charge is 2.01. The van der Waals surface area contributed by atoms with E-state index in [1.165, 1.54) is 0 Å². The van der Waals surface area contributed by atoms with Crippen molar-refractivity contribution in [1.82, 2.24) is 0 Å². The minimum Gasteiger partial charge on any atom is -0.507 e. The summed E-state index contributed by atoms with van der Waals surface area (Å²) in [6.07, 6.45) is 2.01. The zero-order valence-corrected chi connectivity index (χ0v) is 8.76. The average Bonchev–Trinajstić information content (AvgIpc) is 2.08. The van der Waals surface area contributed by atoms with Crippen molar-refractivity contribution < 1.29 is 5.11 Å². The topological polar surface area (TPSA) is 20.2 Å². The number of hydrogen-bond acceptors (Lipinski definition) is 1. The number of phenolic OH excluding ortho intramolecular Hbond substituents is 1. The first-order valence-corrected chi connectivity index (χ1v) is 5.21. The normalized spacial score (nSPS) is 10.2. The van der Waals surface area contributed by atoms with Gasteiger partial charge in [0.25, 0.3) is 0 Å². The highest BCUT2D eigenvalue weighted by atomic mass is 79.9. The molecule has 0 radical (unpaired) electrons. The Balaban J connectivity index is 2.78. The summed E-state index contributed by atoms with van der Waals surface area (Å²) in [6.45, 7) is 1.92. The van der Waals surface area contributed by atoms with E-state index >= 15 is 0 Å². The van der Waals surface area contributed by atoms with Crippen LogP contribution in [0.4, 0.5) is 0 Å². The lowest BCUT2D eigenvalue weighted by molar-refractivity contribution is 0.463. The van der Waals surface area contributed by atoms with Gasteiger partial charge in [0.05, 0.1) is 0 Å². The summed E-state index contributed by atoms with van der Waals surface area (Å²) >= 11 is 3.37. The molecule has 0 atom stereocenters. The molecule has 0 saturated heterocycles. The molecule has 1 aromatic carbocycles. The molecule has 0 aromatic heterocycles. The van der Waals surface area contributed by atoms with E-state index in [9.17, 15) is 5.11 Å². The number of hydrogen-bond donors (Lipinski definition) is 1. The smallest absolute Gasteiger partial charge is 0.121 e. The third-order valence-electron chi connectivity index (χ3n) is 1.90. The Morgan fingerprint density at radius 3 is 2.83 bits per heavy atom. The van der Waals surface area contributed by atoms with Crippen molar-refractivity contribution in [2.45, 2.75) is 19.8 Å². The van der Waals surface area contributed by atoms with E-state index in [0.717, 1.165) is 29.3 Å². The number of phenols is 1. The van der Waals surface area contributed by atoms with Crippen LogP contribution in [0.1, 0.15) is 17.5 Å². The molecule has 0 aliphatic heterocycles. The van der Waals surface area contributed by atoms with E-state index in [2.05, 4.69) is 15.9 Å². The largest absolute Gasteiger partial charge is 0.507 e. The van der Waals surface area contributed by atoms with Gasteiger partial charge in [-0.25, -0.2) is 0 Å². The Kier molecular flexibility index (Phi) is 3.60. The lowest BCUT2D eigenvalue weighted by atomic mass is 10.1. The van der Waals surface area contributed by atoms with Crippen LogP contribution >= 0.6 is 15.9 Å².